The molecule has 0 fully saturated rings. The third-order valence-corrected chi connectivity index (χ3v) is 4.83. The molecule has 2 N–H and O–H groups in total. The number of nitrogens with one attached hydrogen (secondary N) is 2. The van der Waals surface area contributed by atoms with Gasteiger partial charge < -0.3 is 5.32 Å². The highest BCUT2D eigenvalue weighted by Crippen LogP contribution is 2.24. The van der Waals surface area contributed by atoms with Gasteiger partial charge in [0, 0.05) is 35.6 Å². The maximum Gasteiger partial charge on any atom is 0.252 e. The predicted octanol–water partition coefficient (Wildman–Crippen LogP) is 2.94. The Balaban J connectivity index is 1.56. The van der Waals surface area contributed by atoms with Gasteiger partial charge in [0.2, 0.25) is 0 Å². The number of H-pyrrole nitrogens is 1. The smallest absolute Gasteiger partial charge is 0.252 e. The number of carbonyl (C=O) groups excluding carboxylic acids is 1. The summed E-state index contributed by atoms with van der Waals surface area (Å²) < 4.78 is 0. The van der Waals surface area contributed by atoms with E-state index >= 15 is 0 Å². The number of hydrogen-bond acceptors (Lipinski definition) is 6. The standard InChI is InChI=1S/C19H16N6OS/c26-18(21-9-10-27-19-22-12-23-25-19)15-11-17(13-5-7-20-8-6-13)24-16-4-2-1-3-14(15)16/h1-8,11-12H,9-10H2,(H,21,26)(H,22,23,25). The Hall–Kier alpha value is -3.26. The average molecular weight is 376 g/mol. The lowest BCUT2D eigenvalue weighted by Gasteiger charge is -2.10. The molecule has 134 valence electrons. The molecule has 1 aromatic carbocycles. The summed E-state index contributed by atoms with van der Waals surface area (Å²) in [5.41, 5.74) is 3.06. The second kappa shape index (κ2) is 7.96. The number of nitrogens with zero attached hydrogens (tertiary/aromatic N) is 4. The lowest BCUT2D eigenvalue weighted by Crippen LogP contribution is -2.26. The number of aromatic nitrogens is 5. The molecule has 0 unspecified atom stereocenters. The Morgan fingerprint density at radius 1 is 1.15 bits per heavy atom. The van der Waals surface area contributed by atoms with Gasteiger partial charge in [-0.05, 0) is 24.3 Å². The second-order valence-corrected chi connectivity index (χ2v) is 6.79. The number of pyridine rings is 2. The molecule has 0 atom stereocenters. The first-order valence-electron chi connectivity index (χ1n) is 8.38. The SMILES string of the molecule is O=C(NCCSc1ncn[nH]1)c1cc(-c2ccncc2)nc2ccccc12. The van der Waals surface area contributed by atoms with Crippen molar-refractivity contribution in [1.82, 2.24) is 30.5 Å². The average Bonchev–Trinajstić information content (AvgIpc) is 3.24. The Labute approximate surface area is 159 Å². The van der Waals surface area contributed by atoms with Crippen LogP contribution in [0.2, 0.25) is 0 Å². The number of amides is 1. The largest absolute Gasteiger partial charge is 0.351 e. The van der Waals surface area contributed by atoms with Gasteiger partial charge in [0.1, 0.15) is 6.33 Å². The summed E-state index contributed by atoms with van der Waals surface area (Å²) in [4.78, 5) is 25.6. The predicted molar refractivity (Wildman–Crippen MR) is 104 cm³/mol. The van der Waals surface area contributed by atoms with Crippen molar-refractivity contribution in [2.75, 3.05) is 12.3 Å². The van der Waals surface area contributed by atoms with Crippen LogP contribution in [0.15, 0.2) is 66.3 Å². The van der Waals surface area contributed by atoms with E-state index in [-0.39, 0.29) is 5.91 Å². The lowest BCUT2D eigenvalue weighted by atomic mass is 10.0. The van der Waals surface area contributed by atoms with Gasteiger partial charge in [-0.3, -0.25) is 14.9 Å². The quantitative estimate of drug-likeness (QED) is 0.397. The van der Waals surface area contributed by atoms with Crippen molar-refractivity contribution in [2.24, 2.45) is 0 Å². The second-order valence-electron chi connectivity index (χ2n) is 5.70. The minimum absolute atomic E-state index is 0.123. The van der Waals surface area contributed by atoms with Gasteiger partial charge in [-0.2, -0.15) is 5.10 Å². The van der Waals surface area contributed by atoms with Crippen LogP contribution in [0.1, 0.15) is 10.4 Å². The maximum atomic E-state index is 12.8. The number of carbonyl (C=O) groups is 1. The molecule has 1 amide bonds. The maximum absolute atomic E-state index is 12.8. The zero-order valence-electron chi connectivity index (χ0n) is 14.3. The highest BCUT2D eigenvalue weighted by Gasteiger charge is 2.13. The molecule has 0 radical (unpaired) electrons. The van der Waals surface area contributed by atoms with Crippen molar-refractivity contribution in [3.63, 3.8) is 0 Å². The Morgan fingerprint density at radius 3 is 2.81 bits per heavy atom. The number of para-hydroxylation sites is 1. The van der Waals surface area contributed by atoms with Gasteiger partial charge in [0.25, 0.3) is 5.91 Å². The highest BCUT2D eigenvalue weighted by molar-refractivity contribution is 7.99. The molecule has 0 aliphatic heterocycles. The van der Waals surface area contributed by atoms with Gasteiger partial charge >= 0.3 is 0 Å². The van der Waals surface area contributed by atoms with Gasteiger partial charge in [-0.1, -0.05) is 30.0 Å². The minimum atomic E-state index is -0.123. The van der Waals surface area contributed by atoms with E-state index < -0.39 is 0 Å². The third-order valence-electron chi connectivity index (χ3n) is 3.96. The fraction of sp³-hybridized carbons (Fsp3) is 0.105. The van der Waals surface area contributed by atoms with Crippen molar-refractivity contribution in [1.29, 1.82) is 0 Å². The lowest BCUT2D eigenvalue weighted by molar-refractivity contribution is 0.0958. The molecule has 0 aliphatic carbocycles. The van der Waals surface area contributed by atoms with E-state index in [4.69, 9.17) is 0 Å². The van der Waals surface area contributed by atoms with Crippen molar-refractivity contribution in [2.45, 2.75) is 5.16 Å². The third kappa shape index (κ3) is 3.95. The topological polar surface area (TPSA) is 96.5 Å². The van der Waals surface area contributed by atoms with E-state index in [1.807, 2.05) is 42.5 Å². The first kappa shape index (κ1) is 17.2. The van der Waals surface area contributed by atoms with Crippen LogP contribution in [0.3, 0.4) is 0 Å². The van der Waals surface area contributed by atoms with Crippen LogP contribution in [0, 0.1) is 0 Å². The molecule has 27 heavy (non-hydrogen) atoms. The fourth-order valence-electron chi connectivity index (χ4n) is 2.71. The zero-order valence-corrected chi connectivity index (χ0v) is 15.1. The van der Waals surface area contributed by atoms with Crippen molar-refractivity contribution in [3.8, 4) is 11.3 Å². The minimum Gasteiger partial charge on any atom is -0.351 e. The summed E-state index contributed by atoms with van der Waals surface area (Å²) in [7, 11) is 0. The molecule has 0 spiro atoms. The number of hydrogen-bond donors (Lipinski definition) is 2. The van der Waals surface area contributed by atoms with Crippen LogP contribution in [0.25, 0.3) is 22.2 Å². The Bertz CT molecular complexity index is 1050. The fourth-order valence-corrected chi connectivity index (χ4v) is 3.34. The molecule has 4 rings (SSSR count). The molecule has 3 heterocycles. The molecule has 4 aromatic rings. The van der Waals surface area contributed by atoms with Gasteiger partial charge in [0.15, 0.2) is 5.16 Å². The highest BCUT2D eigenvalue weighted by atomic mass is 32.2. The first-order valence-corrected chi connectivity index (χ1v) is 9.36. The van der Waals surface area contributed by atoms with E-state index in [0.717, 1.165) is 27.3 Å². The van der Waals surface area contributed by atoms with Crippen LogP contribution >= 0.6 is 11.8 Å². The molecule has 0 aliphatic rings. The van der Waals surface area contributed by atoms with Gasteiger partial charge in [-0.15, -0.1) is 0 Å². The zero-order chi connectivity index (χ0) is 18.5. The van der Waals surface area contributed by atoms with Crippen LogP contribution in [-0.2, 0) is 0 Å². The van der Waals surface area contributed by atoms with Crippen molar-refractivity contribution >= 4 is 28.6 Å². The molecular weight excluding hydrogens is 360 g/mol. The van der Waals surface area contributed by atoms with Crippen LogP contribution in [-0.4, -0.2) is 43.4 Å². The van der Waals surface area contributed by atoms with Gasteiger partial charge in [0.05, 0.1) is 16.8 Å². The summed E-state index contributed by atoms with van der Waals surface area (Å²) in [6, 6.07) is 13.2. The summed E-state index contributed by atoms with van der Waals surface area (Å²) in [6.45, 7) is 0.519. The molecule has 0 saturated carbocycles. The van der Waals surface area contributed by atoms with Crippen LogP contribution in [0.5, 0.6) is 0 Å². The summed E-state index contributed by atoms with van der Waals surface area (Å²) in [6.07, 6.45) is 4.89. The monoisotopic (exact) mass is 376 g/mol. The van der Waals surface area contributed by atoms with E-state index in [0.29, 0.717) is 17.9 Å². The number of rotatable bonds is 6. The molecule has 8 heteroatoms. The van der Waals surface area contributed by atoms with Gasteiger partial charge in [-0.25, -0.2) is 9.97 Å². The molecular formula is C19H16N6OS. The Morgan fingerprint density at radius 2 is 2.00 bits per heavy atom. The first-order chi connectivity index (χ1) is 13.3. The normalized spacial score (nSPS) is 10.8. The molecule has 3 aromatic heterocycles. The summed E-state index contributed by atoms with van der Waals surface area (Å²) >= 11 is 1.50. The molecule has 0 saturated heterocycles. The van der Waals surface area contributed by atoms with Crippen LogP contribution in [0.4, 0.5) is 0 Å². The van der Waals surface area contributed by atoms with E-state index in [1.54, 1.807) is 12.4 Å². The van der Waals surface area contributed by atoms with Crippen molar-refractivity contribution in [3.05, 3.63) is 66.7 Å². The van der Waals surface area contributed by atoms with E-state index in [2.05, 4.69) is 30.5 Å². The summed E-state index contributed by atoms with van der Waals surface area (Å²) in [5, 5.41) is 11.1. The Kier molecular flexibility index (Phi) is 5.06. The van der Waals surface area contributed by atoms with Crippen molar-refractivity contribution < 1.29 is 4.79 Å². The van der Waals surface area contributed by atoms with E-state index in [9.17, 15) is 4.79 Å². The number of benzene rings is 1. The number of thioether (sulfide) groups is 1. The molecule has 0 bridgehead atoms. The number of fused-ring (bicyclic) bond motifs is 1. The number of aromatic amines is 1. The van der Waals surface area contributed by atoms with E-state index in [1.165, 1.54) is 18.1 Å². The molecule has 7 nitrogen and oxygen atoms in total. The van der Waals surface area contributed by atoms with Crippen LogP contribution < -0.4 is 5.32 Å². The summed E-state index contributed by atoms with van der Waals surface area (Å²) in [5.74, 6) is 0.573.